The summed E-state index contributed by atoms with van der Waals surface area (Å²) in [5.41, 5.74) is 0.708. The van der Waals surface area contributed by atoms with Crippen LogP contribution in [0.5, 0.6) is 5.75 Å². The molecule has 1 fully saturated rings. The summed E-state index contributed by atoms with van der Waals surface area (Å²) in [7, 11) is 2.96. The standard InChI is InChI=1S/C15H18N2O4/c1-8-6-5-7-9-11-10(13(18)20-4)15(2,21-12(8)9)17(3)14(19)16-11/h5-7,10-11H,1-4H3,(H,16,19). The summed E-state index contributed by atoms with van der Waals surface area (Å²) in [6.45, 7) is 3.69. The SMILES string of the molecule is COC(=O)C1C2NC(=O)N(C)C1(C)Oc1c(C)cccc12. The van der Waals surface area contributed by atoms with Gasteiger partial charge in [0.2, 0.25) is 0 Å². The quantitative estimate of drug-likeness (QED) is 0.798. The van der Waals surface area contributed by atoms with Gasteiger partial charge in [0, 0.05) is 12.6 Å². The summed E-state index contributed by atoms with van der Waals surface area (Å²) >= 11 is 0. The van der Waals surface area contributed by atoms with E-state index in [4.69, 9.17) is 9.47 Å². The van der Waals surface area contributed by atoms with Gasteiger partial charge in [-0.2, -0.15) is 0 Å². The molecule has 0 saturated carbocycles. The first-order valence-corrected chi connectivity index (χ1v) is 6.81. The molecule has 2 bridgehead atoms. The maximum atomic E-state index is 12.3. The highest BCUT2D eigenvalue weighted by Crippen LogP contribution is 2.48. The van der Waals surface area contributed by atoms with Crippen molar-refractivity contribution in [3.63, 3.8) is 0 Å². The lowest BCUT2D eigenvalue weighted by atomic mass is 9.79. The number of carbonyl (C=O) groups is 2. The van der Waals surface area contributed by atoms with Crippen molar-refractivity contribution in [2.45, 2.75) is 25.6 Å². The van der Waals surface area contributed by atoms with E-state index < -0.39 is 23.7 Å². The van der Waals surface area contributed by atoms with Gasteiger partial charge in [-0.05, 0) is 19.4 Å². The van der Waals surface area contributed by atoms with Crippen LogP contribution >= 0.6 is 0 Å². The number of urea groups is 1. The molecule has 1 N–H and O–H groups in total. The predicted molar refractivity (Wildman–Crippen MR) is 74.8 cm³/mol. The number of amides is 2. The minimum Gasteiger partial charge on any atom is -0.469 e. The van der Waals surface area contributed by atoms with E-state index in [0.717, 1.165) is 16.9 Å². The van der Waals surface area contributed by atoms with Gasteiger partial charge in [0.15, 0.2) is 5.72 Å². The molecule has 3 unspecified atom stereocenters. The lowest BCUT2D eigenvalue weighted by Gasteiger charge is -2.53. The van der Waals surface area contributed by atoms with E-state index in [2.05, 4.69) is 5.32 Å². The van der Waals surface area contributed by atoms with Gasteiger partial charge in [-0.3, -0.25) is 9.69 Å². The van der Waals surface area contributed by atoms with Gasteiger partial charge in [0.05, 0.1) is 13.2 Å². The van der Waals surface area contributed by atoms with Crippen molar-refractivity contribution in [2.75, 3.05) is 14.2 Å². The Morgan fingerprint density at radius 3 is 2.86 bits per heavy atom. The molecule has 1 aromatic carbocycles. The van der Waals surface area contributed by atoms with Crippen LogP contribution in [0.4, 0.5) is 4.79 Å². The molecule has 6 nitrogen and oxygen atoms in total. The normalized spacial score (nSPS) is 30.1. The van der Waals surface area contributed by atoms with Crippen molar-refractivity contribution in [2.24, 2.45) is 5.92 Å². The lowest BCUT2D eigenvalue weighted by Crippen LogP contribution is -2.70. The minimum absolute atomic E-state index is 0.269. The topological polar surface area (TPSA) is 67.9 Å². The summed E-state index contributed by atoms with van der Waals surface area (Å²) in [5.74, 6) is -0.307. The molecule has 0 spiro atoms. The maximum Gasteiger partial charge on any atom is 0.320 e. The van der Waals surface area contributed by atoms with Crippen LogP contribution in [0.25, 0.3) is 0 Å². The molecule has 6 heteroatoms. The second-order valence-electron chi connectivity index (χ2n) is 5.64. The van der Waals surface area contributed by atoms with Crippen molar-refractivity contribution in [3.8, 4) is 5.75 Å². The van der Waals surface area contributed by atoms with Crippen molar-refractivity contribution < 1.29 is 19.1 Å². The summed E-state index contributed by atoms with van der Waals surface area (Å²) in [5, 5.41) is 2.88. The average molecular weight is 290 g/mol. The van der Waals surface area contributed by atoms with Crippen LogP contribution in [0.1, 0.15) is 24.1 Å². The number of ether oxygens (including phenoxy) is 2. The Balaban J connectivity index is 2.22. The fraction of sp³-hybridized carbons (Fsp3) is 0.467. The third kappa shape index (κ3) is 1.71. The van der Waals surface area contributed by atoms with Crippen LogP contribution in [-0.2, 0) is 9.53 Å². The summed E-state index contributed by atoms with van der Waals surface area (Å²) in [6.07, 6.45) is 0. The Morgan fingerprint density at radius 1 is 1.48 bits per heavy atom. The van der Waals surface area contributed by atoms with E-state index in [-0.39, 0.29) is 6.03 Å². The Labute approximate surface area is 123 Å². The molecule has 3 rings (SSSR count). The highest BCUT2D eigenvalue weighted by molar-refractivity contribution is 5.84. The summed E-state index contributed by atoms with van der Waals surface area (Å²) in [6, 6.07) is 4.98. The number of hydrogen-bond acceptors (Lipinski definition) is 4. The lowest BCUT2D eigenvalue weighted by molar-refractivity contribution is -0.173. The van der Waals surface area contributed by atoms with Crippen LogP contribution in [-0.4, -0.2) is 36.8 Å². The van der Waals surface area contributed by atoms with Crippen molar-refractivity contribution in [1.29, 1.82) is 0 Å². The van der Waals surface area contributed by atoms with Crippen LogP contribution in [0.15, 0.2) is 18.2 Å². The third-order valence-electron chi connectivity index (χ3n) is 4.50. The van der Waals surface area contributed by atoms with Crippen LogP contribution < -0.4 is 10.1 Å². The molecular weight excluding hydrogens is 272 g/mol. The largest absolute Gasteiger partial charge is 0.469 e. The molecule has 21 heavy (non-hydrogen) atoms. The highest BCUT2D eigenvalue weighted by atomic mass is 16.5. The minimum atomic E-state index is -1.07. The fourth-order valence-electron chi connectivity index (χ4n) is 3.17. The molecule has 2 aliphatic heterocycles. The Kier molecular flexibility index (Phi) is 2.86. The predicted octanol–water partition coefficient (Wildman–Crippen LogP) is 1.59. The Hall–Kier alpha value is -2.24. The number of hydrogen-bond donors (Lipinski definition) is 1. The number of methoxy groups -OCH3 is 1. The molecule has 0 aromatic heterocycles. The molecule has 0 aliphatic carbocycles. The number of fused-ring (bicyclic) bond motifs is 4. The number of esters is 1. The number of para-hydroxylation sites is 1. The molecular formula is C15H18N2O4. The van der Waals surface area contributed by atoms with Crippen molar-refractivity contribution >= 4 is 12.0 Å². The van der Waals surface area contributed by atoms with Gasteiger partial charge in [-0.1, -0.05) is 18.2 Å². The smallest absolute Gasteiger partial charge is 0.320 e. The van der Waals surface area contributed by atoms with Gasteiger partial charge in [-0.25, -0.2) is 4.79 Å². The number of nitrogens with zero attached hydrogens (tertiary/aromatic N) is 1. The van der Waals surface area contributed by atoms with E-state index >= 15 is 0 Å². The second-order valence-corrected chi connectivity index (χ2v) is 5.64. The highest BCUT2D eigenvalue weighted by Gasteiger charge is 2.59. The molecule has 3 atom stereocenters. The summed E-state index contributed by atoms with van der Waals surface area (Å²) < 4.78 is 11.0. The zero-order valence-electron chi connectivity index (χ0n) is 12.5. The number of aryl methyl sites for hydroxylation is 1. The maximum absolute atomic E-state index is 12.3. The number of carbonyl (C=O) groups excluding carboxylic acids is 2. The number of nitrogens with one attached hydrogen (secondary N) is 1. The number of rotatable bonds is 1. The molecule has 112 valence electrons. The van der Waals surface area contributed by atoms with Crippen LogP contribution in [0, 0.1) is 12.8 Å². The Morgan fingerprint density at radius 2 is 2.19 bits per heavy atom. The molecule has 1 saturated heterocycles. The molecule has 2 amide bonds. The fourth-order valence-corrected chi connectivity index (χ4v) is 3.17. The zero-order valence-corrected chi connectivity index (χ0v) is 12.5. The monoisotopic (exact) mass is 290 g/mol. The van der Waals surface area contributed by atoms with Crippen molar-refractivity contribution in [3.05, 3.63) is 29.3 Å². The van der Waals surface area contributed by atoms with E-state index in [9.17, 15) is 9.59 Å². The van der Waals surface area contributed by atoms with Gasteiger partial charge in [0.25, 0.3) is 0 Å². The average Bonchev–Trinajstić information content (AvgIpc) is 2.46. The van der Waals surface area contributed by atoms with Crippen LogP contribution in [0.3, 0.4) is 0 Å². The van der Waals surface area contributed by atoms with E-state index in [1.165, 1.54) is 12.0 Å². The Bertz CT molecular complexity index is 630. The molecule has 1 aromatic rings. The first-order valence-electron chi connectivity index (χ1n) is 6.81. The first kappa shape index (κ1) is 13.7. The van der Waals surface area contributed by atoms with E-state index in [0.29, 0.717) is 0 Å². The number of benzene rings is 1. The zero-order chi connectivity index (χ0) is 15.4. The second kappa shape index (κ2) is 4.38. The molecule has 0 radical (unpaired) electrons. The van der Waals surface area contributed by atoms with Crippen LogP contribution in [0.2, 0.25) is 0 Å². The first-order chi connectivity index (χ1) is 9.90. The summed E-state index contributed by atoms with van der Waals surface area (Å²) in [4.78, 5) is 25.8. The van der Waals surface area contributed by atoms with E-state index in [1.54, 1.807) is 14.0 Å². The third-order valence-corrected chi connectivity index (χ3v) is 4.50. The molecule has 2 heterocycles. The van der Waals surface area contributed by atoms with Gasteiger partial charge >= 0.3 is 12.0 Å². The van der Waals surface area contributed by atoms with Crippen molar-refractivity contribution in [1.82, 2.24) is 10.2 Å². The van der Waals surface area contributed by atoms with Gasteiger partial charge in [-0.15, -0.1) is 0 Å². The van der Waals surface area contributed by atoms with Gasteiger partial charge < -0.3 is 14.8 Å². The van der Waals surface area contributed by atoms with E-state index in [1.807, 2.05) is 25.1 Å². The van der Waals surface area contributed by atoms with Gasteiger partial charge in [0.1, 0.15) is 11.7 Å². The molecule has 2 aliphatic rings.